The normalized spacial score (nSPS) is 20.2. The molecule has 1 aromatic rings. The number of hydrogen-bond acceptors (Lipinski definition) is 4. The van der Waals surface area contributed by atoms with Gasteiger partial charge in [-0.15, -0.1) is 12.4 Å². The Balaban J connectivity index is 0.00000242. The van der Waals surface area contributed by atoms with Crippen molar-refractivity contribution in [1.82, 2.24) is 4.90 Å². The summed E-state index contributed by atoms with van der Waals surface area (Å²) >= 11 is 0. The standard InChI is InChI=1S/C15H21N3O3.ClH/c1-10-11(5-4-6-12(10)18(20)21)14(19)17-8-7-13(16)15(2,3)9-17;/h4-6,13H,7-9,16H2,1-3H3;1H. The van der Waals surface area contributed by atoms with E-state index in [1.54, 1.807) is 24.0 Å². The van der Waals surface area contributed by atoms with Crippen molar-refractivity contribution in [2.75, 3.05) is 13.1 Å². The fourth-order valence-electron chi connectivity index (χ4n) is 2.77. The minimum atomic E-state index is -0.456. The molecular formula is C15H22ClN3O3. The summed E-state index contributed by atoms with van der Waals surface area (Å²) in [6.07, 6.45) is 0.743. The van der Waals surface area contributed by atoms with Crippen LogP contribution in [-0.4, -0.2) is 34.9 Å². The predicted molar refractivity (Wildman–Crippen MR) is 87.4 cm³/mol. The fraction of sp³-hybridized carbons (Fsp3) is 0.533. The zero-order chi connectivity index (χ0) is 15.8. The zero-order valence-electron chi connectivity index (χ0n) is 13.0. The molecule has 1 heterocycles. The molecule has 1 unspecified atom stereocenters. The van der Waals surface area contributed by atoms with Gasteiger partial charge in [-0.25, -0.2) is 0 Å². The summed E-state index contributed by atoms with van der Waals surface area (Å²) in [4.78, 5) is 24.9. The molecule has 122 valence electrons. The van der Waals surface area contributed by atoms with Gasteiger partial charge < -0.3 is 10.6 Å². The molecule has 0 aliphatic carbocycles. The molecule has 1 fully saturated rings. The van der Waals surface area contributed by atoms with Gasteiger partial charge in [0, 0.05) is 36.3 Å². The number of amides is 1. The smallest absolute Gasteiger partial charge is 0.273 e. The number of nitrogens with zero attached hydrogens (tertiary/aromatic N) is 2. The second-order valence-corrected chi connectivity index (χ2v) is 6.32. The third kappa shape index (κ3) is 3.39. The number of rotatable bonds is 2. The van der Waals surface area contributed by atoms with Crippen LogP contribution in [0.2, 0.25) is 0 Å². The lowest BCUT2D eigenvalue weighted by Gasteiger charge is -2.42. The third-order valence-corrected chi connectivity index (χ3v) is 4.33. The number of carbonyl (C=O) groups excluding carboxylic acids is 1. The van der Waals surface area contributed by atoms with Crippen molar-refractivity contribution in [2.24, 2.45) is 11.1 Å². The third-order valence-electron chi connectivity index (χ3n) is 4.33. The highest BCUT2D eigenvalue weighted by Crippen LogP contribution is 2.30. The summed E-state index contributed by atoms with van der Waals surface area (Å²) < 4.78 is 0. The summed E-state index contributed by atoms with van der Waals surface area (Å²) in [6.45, 7) is 6.85. The molecule has 6 nitrogen and oxygen atoms in total. The molecule has 1 atom stereocenters. The van der Waals surface area contributed by atoms with Crippen LogP contribution >= 0.6 is 12.4 Å². The van der Waals surface area contributed by atoms with E-state index >= 15 is 0 Å². The van der Waals surface area contributed by atoms with Crippen LogP contribution in [0.5, 0.6) is 0 Å². The van der Waals surface area contributed by atoms with Gasteiger partial charge >= 0.3 is 0 Å². The van der Waals surface area contributed by atoms with Gasteiger partial charge in [0.05, 0.1) is 4.92 Å². The van der Waals surface area contributed by atoms with E-state index < -0.39 is 4.92 Å². The quantitative estimate of drug-likeness (QED) is 0.667. The Morgan fingerprint density at radius 1 is 1.45 bits per heavy atom. The van der Waals surface area contributed by atoms with E-state index in [0.29, 0.717) is 24.2 Å². The van der Waals surface area contributed by atoms with Crippen LogP contribution in [-0.2, 0) is 0 Å². The average Bonchev–Trinajstić information content (AvgIpc) is 2.41. The number of nitro groups is 1. The number of piperidine rings is 1. The second-order valence-electron chi connectivity index (χ2n) is 6.32. The molecule has 1 aliphatic rings. The lowest BCUT2D eigenvalue weighted by Crippen LogP contribution is -2.54. The lowest BCUT2D eigenvalue weighted by molar-refractivity contribution is -0.385. The van der Waals surface area contributed by atoms with Crippen LogP contribution in [0, 0.1) is 22.5 Å². The monoisotopic (exact) mass is 327 g/mol. The van der Waals surface area contributed by atoms with E-state index in [4.69, 9.17) is 5.73 Å². The lowest BCUT2D eigenvalue weighted by atomic mass is 9.79. The van der Waals surface area contributed by atoms with Crippen molar-refractivity contribution in [2.45, 2.75) is 33.2 Å². The maximum Gasteiger partial charge on any atom is 0.273 e. The van der Waals surface area contributed by atoms with Crippen molar-refractivity contribution in [3.05, 3.63) is 39.4 Å². The SMILES string of the molecule is Cc1c(C(=O)N2CCC(N)C(C)(C)C2)cccc1[N+](=O)[O-].Cl. The predicted octanol–water partition coefficient (Wildman–Crippen LogP) is 2.52. The van der Waals surface area contributed by atoms with Crippen molar-refractivity contribution in [1.29, 1.82) is 0 Å². The van der Waals surface area contributed by atoms with Crippen molar-refractivity contribution < 1.29 is 9.72 Å². The van der Waals surface area contributed by atoms with Gasteiger partial charge in [0.1, 0.15) is 0 Å². The van der Waals surface area contributed by atoms with E-state index in [2.05, 4.69) is 0 Å². The van der Waals surface area contributed by atoms with Crippen LogP contribution in [0.3, 0.4) is 0 Å². The first-order valence-electron chi connectivity index (χ1n) is 7.03. The summed E-state index contributed by atoms with van der Waals surface area (Å²) in [5, 5.41) is 11.0. The number of benzene rings is 1. The highest BCUT2D eigenvalue weighted by atomic mass is 35.5. The minimum Gasteiger partial charge on any atom is -0.338 e. The molecule has 0 radical (unpaired) electrons. The molecule has 0 saturated carbocycles. The molecule has 0 bridgehead atoms. The molecule has 2 N–H and O–H groups in total. The maximum absolute atomic E-state index is 12.7. The number of halogens is 1. The van der Waals surface area contributed by atoms with Crippen LogP contribution in [0.15, 0.2) is 18.2 Å². The van der Waals surface area contributed by atoms with E-state index in [9.17, 15) is 14.9 Å². The van der Waals surface area contributed by atoms with Crippen LogP contribution in [0.25, 0.3) is 0 Å². The van der Waals surface area contributed by atoms with Gasteiger partial charge in [0.15, 0.2) is 0 Å². The molecule has 0 spiro atoms. The van der Waals surface area contributed by atoms with Crippen molar-refractivity contribution >= 4 is 24.0 Å². The topological polar surface area (TPSA) is 89.5 Å². The molecule has 1 aliphatic heterocycles. The van der Waals surface area contributed by atoms with E-state index in [-0.39, 0.29) is 35.5 Å². The van der Waals surface area contributed by atoms with E-state index in [0.717, 1.165) is 6.42 Å². The number of carbonyl (C=O) groups is 1. The second kappa shape index (κ2) is 6.62. The van der Waals surface area contributed by atoms with Crippen LogP contribution < -0.4 is 5.73 Å². The summed E-state index contributed by atoms with van der Waals surface area (Å²) in [5.41, 5.74) is 6.73. The Kier molecular flexibility index (Phi) is 5.54. The Hall–Kier alpha value is -1.66. The number of hydrogen-bond donors (Lipinski definition) is 1. The van der Waals surface area contributed by atoms with E-state index in [1.165, 1.54) is 6.07 Å². The Bertz CT molecular complexity index is 589. The average molecular weight is 328 g/mol. The molecule has 1 saturated heterocycles. The summed E-state index contributed by atoms with van der Waals surface area (Å²) in [7, 11) is 0. The Labute approximate surface area is 136 Å². The van der Waals surface area contributed by atoms with Gasteiger partial charge in [-0.1, -0.05) is 19.9 Å². The Morgan fingerprint density at radius 2 is 2.09 bits per heavy atom. The molecule has 1 aromatic carbocycles. The van der Waals surface area contributed by atoms with E-state index in [1.807, 2.05) is 13.8 Å². The summed E-state index contributed by atoms with van der Waals surface area (Å²) in [5.74, 6) is -0.156. The van der Waals surface area contributed by atoms with Crippen LogP contribution in [0.1, 0.15) is 36.2 Å². The first kappa shape index (κ1) is 18.4. The minimum absolute atomic E-state index is 0. The molecular weight excluding hydrogens is 306 g/mol. The van der Waals surface area contributed by atoms with Gasteiger partial charge in [-0.05, 0) is 24.8 Å². The number of likely N-dealkylation sites (tertiary alicyclic amines) is 1. The fourth-order valence-corrected chi connectivity index (χ4v) is 2.77. The zero-order valence-corrected chi connectivity index (χ0v) is 13.9. The van der Waals surface area contributed by atoms with Crippen LogP contribution in [0.4, 0.5) is 5.69 Å². The van der Waals surface area contributed by atoms with Gasteiger partial charge in [-0.2, -0.15) is 0 Å². The highest BCUT2D eigenvalue weighted by Gasteiger charge is 2.36. The first-order valence-corrected chi connectivity index (χ1v) is 7.03. The highest BCUT2D eigenvalue weighted by molar-refractivity contribution is 5.96. The molecule has 0 aromatic heterocycles. The Morgan fingerprint density at radius 3 is 2.64 bits per heavy atom. The van der Waals surface area contributed by atoms with Gasteiger partial charge in [-0.3, -0.25) is 14.9 Å². The van der Waals surface area contributed by atoms with Crippen molar-refractivity contribution in [3.63, 3.8) is 0 Å². The molecule has 22 heavy (non-hydrogen) atoms. The first-order chi connectivity index (χ1) is 9.74. The van der Waals surface area contributed by atoms with Gasteiger partial charge in [0.2, 0.25) is 0 Å². The largest absolute Gasteiger partial charge is 0.338 e. The molecule has 7 heteroatoms. The molecule has 2 rings (SSSR count). The maximum atomic E-state index is 12.7. The van der Waals surface area contributed by atoms with Crippen molar-refractivity contribution in [3.8, 4) is 0 Å². The molecule has 1 amide bonds. The van der Waals surface area contributed by atoms with Gasteiger partial charge in [0.25, 0.3) is 11.6 Å². The summed E-state index contributed by atoms with van der Waals surface area (Å²) in [6, 6.07) is 4.68. The number of nitro benzene ring substituents is 1. The number of nitrogens with two attached hydrogens (primary N) is 1.